The maximum atomic E-state index is 12.7. The molecule has 1 aromatic heterocycles. The number of fused-ring (bicyclic) bond motifs is 2. The van der Waals surface area contributed by atoms with E-state index >= 15 is 0 Å². The van der Waals surface area contributed by atoms with Gasteiger partial charge in [0.2, 0.25) is 6.79 Å². The van der Waals surface area contributed by atoms with Crippen LogP contribution in [0.2, 0.25) is 0 Å². The predicted molar refractivity (Wildman–Crippen MR) is 129 cm³/mol. The van der Waals surface area contributed by atoms with E-state index in [1.54, 1.807) is 13.8 Å². The quantitative estimate of drug-likeness (QED) is 0.499. The van der Waals surface area contributed by atoms with E-state index < -0.39 is 11.9 Å². The zero-order valence-corrected chi connectivity index (χ0v) is 19.8. The second-order valence-corrected chi connectivity index (χ2v) is 8.92. The Morgan fingerprint density at radius 2 is 1.77 bits per heavy atom. The third kappa shape index (κ3) is 4.84. The smallest absolute Gasteiger partial charge is 0.329 e. The maximum Gasteiger partial charge on any atom is 0.329 e. The highest BCUT2D eigenvalue weighted by molar-refractivity contribution is 5.85. The van der Waals surface area contributed by atoms with Crippen LogP contribution in [0.15, 0.2) is 42.5 Å². The van der Waals surface area contributed by atoms with E-state index in [0.717, 1.165) is 42.2 Å². The fraction of sp³-hybridized carbons (Fsp3) is 0.385. The lowest BCUT2D eigenvalue weighted by Gasteiger charge is -2.36. The highest BCUT2D eigenvalue weighted by Crippen LogP contribution is 2.33. The van der Waals surface area contributed by atoms with Crippen LogP contribution >= 0.6 is 0 Å². The van der Waals surface area contributed by atoms with Crippen molar-refractivity contribution in [3.05, 3.63) is 53.7 Å². The van der Waals surface area contributed by atoms with E-state index in [1.807, 2.05) is 36.4 Å². The van der Waals surface area contributed by atoms with Gasteiger partial charge in [0.1, 0.15) is 5.69 Å². The molecule has 2 aliphatic rings. The molecular formula is C26H27N5O4. The third-order valence-electron chi connectivity index (χ3n) is 6.08. The summed E-state index contributed by atoms with van der Waals surface area (Å²) >= 11 is 0. The molecule has 1 saturated heterocycles. The number of esters is 1. The van der Waals surface area contributed by atoms with E-state index in [1.165, 1.54) is 0 Å². The molecule has 0 spiro atoms. The van der Waals surface area contributed by atoms with Gasteiger partial charge in [0.05, 0.1) is 23.2 Å². The third-order valence-corrected chi connectivity index (χ3v) is 6.08. The lowest BCUT2D eigenvalue weighted by atomic mass is 10.1. The van der Waals surface area contributed by atoms with Gasteiger partial charge in [-0.1, -0.05) is 18.2 Å². The highest BCUT2D eigenvalue weighted by Gasteiger charge is 2.31. The summed E-state index contributed by atoms with van der Waals surface area (Å²) in [7, 11) is 0. The first-order chi connectivity index (χ1) is 17.0. The zero-order valence-electron chi connectivity index (χ0n) is 19.8. The van der Waals surface area contributed by atoms with Crippen molar-refractivity contribution in [3.8, 4) is 17.6 Å². The monoisotopic (exact) mass is 473 g/mol. The minimum absolute atomic E-state index is 0.265. The number of carbonyl (C=O) groups excluding carboxylic acids is 1. The minimum atomic E-state index is -1.14. The second-order valence-electron chi connectivity index (χ2n) is 8.92. The second kappa shape index (κ2) is 9.76. The summed E-state index contributed by atoms with van der Waals surface area (Å²) in [6, 6.07) is 15.6. The first-order valence-corrected chi connectivity index (χ1v) is 11.7. The lowest BCUT2D eigenvalue weighted by Crippen LogP contribution is -2.46. The van der Waals surface area contributed by atoms with Gasteiger partial charge < -0.3 is 19.1 Å². The highest BCUT2D eigenvalue weighted by atomic mass is 16.7. The zero-order chi connectivity index (χ0) is 24.4. The normalized spacial score (nSPS) is 16.3. The first kappa shape index (κ1) is 22.9. The van der Waals surface area contributed by atoms with Crippen LogP contribution in [0.1, 0.15) is 31.0 Å². The van der Waals surface area contributed by atoms with Gasteiger partial charge >= 0.3 is 5.97 Å². The lowest BCUT2D eigenvalue weighted by molar-refractivity contribution is -0.147. The van der Waals surface area contributed by atoms with Gasteiger partial charge in [-0.05, 0) is 43.7 Å². The number of nitriles is 1. The molecule has 0 unspecified atom stereocenters. The fourth-order valence-electron chi connectivity index (χ4n) is 4.37. The van der Waals surface area contributed by atoms with Gasteiger partial charge in [0.15, 0.2) is 23.2 Å². The van der Waals surface area contributed by atoms with Crippen LogP contribution in [0.3, 0.4) is 0 Å². The summed E-state index contributed by atoms with van der Waals surface area (Å²) in [6.07, 6.45) is -0.324. The van der Waals surface area contributed by atoms with Crippen LogP contribution in [0.25, 0.3) is 11.0 Å². The number of nitrogens with zero attached hydrogens (tertiary/aromatic N) is 5. The van der Waals surface area contributed by atoms with Crippen molar-refractivity contribution in [2.24, 2.45) is 0 Å². The van der Waals surface area contributed by atoms with Gasteiger partial charge in [0, 0.05) is 32.7 Å². The summed E-state index contributed by atoms with van der Waals surface area (Å²) in [6.45, 7) is 7.58. The molecule has 2 aliphatic heterocycles. The van der Waals surface area contributed by atoms with Gasteiger partial charge in [-0.3, -0.25) is 9.69 Å². The molecule has 1 fully saturated rings. The molecule has 3 heterocycles. The Labute approximate surface area is 203 Å². The van der Waals surface area contributed by atoms with E-state index in [-0.39, 0.29) is 12.9 Å². The van der Waals surface area contributed by atoms with Crippen LogP contribution in [0.4, 0.5) is 5.82 Å². The fourth-order valence-corrected chi connectivity index (χ4v) is 4.37. The number of anilines is 1. The molecule has 9 nitrogen and oxygen atoms in total. The number of ether oxygens (including phenoxy) is 3. The van der Waals surface area contributed by atoms with Gasteiger partial charge in [-0.25, -0.2) is 9.97 Å². The average molecular weight is 474 g/mol. The largest absolute Gasteiger partial charge is 0.462 e. The number of piperazine rings is 1. The predicted octanol–water partition coefficient (Wildman–Crippen LogP) is 3.24. The van der Waals surface area contributed by atoms with Crippen molar-refractivity contribution in [3.63, 3.8) is 0 Å². The van der Waals surface area contributed by atoms with E-state index in [4.69, 9.17) is 24.2 Å². The van der Waals surface area contributed by atoms with Gasteiger partial charge in [-0.2, -0.15) is 5.26 Å². The van der Waals surface area contributed by atoms with Crippen molar-refractivity contribution in [1.29, 1.82) is 5.26 Å². The molecule has 35 heavy (non-hydrogen) atoms. The maximum absolute atomic E-state index is 12.7. The van der Waals surface area contributed by atoms with Gasteiger partial charge in [-0.15, -0.1) is 0 Å². The van der Waals surface area contributed by atoms with E-state index in [2.05, 4.69) is 21.9 Å². The van der Waals surface area contributed by atoms with Crippen LogP contribution in [0.5, 0.6) is 11.5 Å². The summed E-state index contributed by atoms with van der Waals surface area (Å²) in [5.41, 5.74) is 2.88. The molecule has 0 N–H and O–H groups in total. The Morgan fingerprint density at radius 3 is 2.49 bits per heavy atom. The Balaban J connectivity index is 1.37. The molecule has 1 atom stereocenters. The van der Waals surface area contributed by atoms with E-state index in [9.17, 15) is 10.1 Å². The molecule has 3 aromatic rings. The topological polar surface area (TPSA) is 101 Å². The van der Waals surface area contributed by atoms with Crippen LogP contribution in [-0.4, -0.2) is 59.9 Å². The molecule has 2 aromatic carbocycles. The molecule has 9 heteroatoms. The number of para-hydroxylation sites is 2. The number of hydrogen-bond donors (Lipinski definition) is 0. The molecule has 0 radical (unpaired) electrons. The van der Waals surface area contributed by atoms with Crippen molar-refractivity contribution in [2.75, 3.05) is 37.9 Å². The molecule has 0 aliphatic carbocycles. The molecular weight excluding hydrogens is 446 g/mol. The van der Waals surface area contributed by atoms with Crippen LogP contribution in [0, 0.1) is 11.3 Å². The first-order valence-electron chi connectivity index (χ1n) is 11.7. The minimum Gasteiger partial charge on any atom is -0.462 e. The summed E-state index contributed by atoms with van der Waals surface area (Å²) in [5.74, 6) is 0.390. The molecule has 180 valence electrons. The van der Waals surface area contributed by atoms with Crippen molar-refractivity contribution in [1.82, 2.24) is 14.9 Å². The van der Waals surface area contributed by atoms with Crippen LogP contribution < -0.4 is 14.4 Å². The number of carbonyl (C=O) groups is 1. The van der Waals surface area contributed by atoms with Crippen molar-refractivity contribution in [2.45, 2.75) is 32.4 Å². The Kier molecular flexibility index (Phi) is 6.38. The Morgan fingerprint density at radius 1 is 1.06 bits per heavy atom. The molecule has 0 amide bonds. The summed E-state index contributed by atoms with van der Waals surface area (Å²) in [4.78, 5) is 26.7. The number of hydrogen-bond acceptors (Lipinski definition) is 9. The van der Waals surface area contributed by atoms with Crippen molar-refractivity contribution >= 4 is 22.8 Å². The Hall–Kier alpha value is -3.90. The standard InChI is InChI=1S/C26H27N5O4/c1-17(2)35-26(32)19(14-27)24-25(29-21-6-4-3-5-20(21)28-24)31-11-9-30(10-12-31)15-18-7-8-22-23(13-18)34-16-33-22/h3-8,13,17,19H,9-12,15-16H2,1-2H3/t19-/m1/s1. The van der Waals surface area contributed by atoms with Crippen molar-refractivity contribution < 1.29 is 19.0 Å². The van der Waals surface area contributed by atoms with Crippen LogP contribution in [-0.2, 0) is 16.1 Å². The molecule has 0 bridgehead atoms. The average Bonchev–Trinajstić information content (AvgIpc) is 3.32. The summed E-state index contributed by atoms with van der Waals surface area (Å²) < 4.78 is 16.3. The number of benzene rings is 2. The molecule has 0 saturated carbocycles. The molecule has 5 rings (SSSR count). The van der Waals surface area contributed by atoms with E-state index in [0.29, 0.717) is 30.1 Å². The Bertz CT molecular complexity index is 1280. The SMILES string of the molecule is CC(C)OC(=O)[C@H](C#N)c1nc2ccccc2nc1N1CCN(Cc2ccc3c(c2)OCO3)CC1. The van der Waals surface area contributed by atoms with Gasteiger partial charge in [0.25, 0.3) is 0 Å². The summed E-state index contributed by atoms with van der Waals surface area (Å²) in [5, 5.41) is 9.87. The number of aromatic nitrogens is 2. The number of rotatable bonds is 6.